The van der Waals surface area contributed by atoms with Crippen LogP contribution in [0.5, 0.6) is 5.75 Å². The minimum Gasteiger partial charge on any atom is -0.507 e. The zero-order chi connectivity index (χ0) is 15.3. The number of hydrogen-bond donors (Lipinski definition) is 1. The lowest BCUT2D eigenvalue weighted by Gasteiger charge is -2.42. The molecule has 0 saturated carbocycles. The molecule has 1 nitrogen and oxygen atoms in total. The summed E-state index contributed by atoms with van der Waals surface area (Å²) in [4.78, 5) is 0. The summed E-state index contributed by atoms with van der Waals surface area (Å²) >= 11 is 0. The van der Waals surface area contributed by atoms with Gasteiger partial charge in [0.2, 0.25) is 0 Å². The van der Waals surface area contributed by atoms with E-state index in [2.05, 4.69) is 45.9 Å². The minimum absolute atomic E-state index is 0.200. The molecule has 0 bridgehead atoms. The average Bonchev–Trinajstić information content (AvgIpc) is 2.44. The van der Waals surface area contributed by atoms with Gasteiger partial charge in [0.05, 0.1) is 0 Å². The first-order valence-corrected chi connectivity index (χ1v) is 7.75. The van der Waals surface area contributed by atoms with E-state index in [0.29, 0.717) is 5.75 Å². The smallest absolute Gasteiger partial charge is 0.123 e. The van der Waals surface area contributed by atoms with Crippen LogP contribution in [0.15, 0.2) is 42.5 Å². The molecule has 1 aliphatic carbocycles. The SMILES string of the molecule is CC1(C)CCC(C)(C)c2cc(-c3ccccc3O)ccc21. The van der Waals surface area contributed by atoms with Crippen LogP contribution in [-0.4, -0.2) is 5.11 Å². The third-order valence-corrected chi connectivity index (χ3v) is 5.07. The molecule has 0 aromatic heterocycles. The molecule has 0 heterocycles. The number of hydrogen-bond acceptors (Lipinski definition) is 1. The highest BCUT2D eigenvalue weighted by molar-refractivity contribution is 5.71. The van der Waals surface area contributed by atoms with Gasteiger partial charge in [0.15, 0.2) is 0 Å². The molecule has 3 rings (SSSR count). The van der Waals surface area contributed by atoms with Crippen LogP contribution in [0.2, 0.25) is 0 Å². The zero-order valence-corrected chi connectivity index (χ0v) is 13.4. The fraction of sp³-hybridized carbons (Fsp3) is 0.400. The third kappa shape index (κ3) is 2.35. The second-order valence-electron chi connectivity index (χ2n) is 7.55. The molecule has 0 atom stereocenters. The van der Waals surface area contributed by atoms with E-state index in [0.717, 1.165) is 11.1 Å². The Kier molecular flexibility index (Phi) is 3.12. The lowest BCUT2D eigenvalue weighted by atomic mass is 9.63. The topological polar surface area (TPSA) is 20.2 Å². The second-order valence-corrected chi connectivity index (χ2v) is 7.55. The maximum Gasteiger partial charge on any atom is 0.123 e. The van der Waals surface area contributed by atoms with Crippen LogP contribution in [-0.2, 0) is 10.8 Å². The molecule has 2 aromatic rings. The molecule has 2 aromatic carbocycles. The normalized spacial score (nSPS) is 19.0. The highest BCUT2D eigenvalue weighted by atomic mass is 16.3. The Bertz CT molecular complexity index is 680. The number of phenols is 1. The molecular formula is C20H24O. The minimum atomic E-state index is 0.200. The number of aromatic hydroxyl groups is 1. The van der Waals surface area contributed by atoms with Gasteiger partial charge in [0.25, 0.3) is 0 Å². The van der Waals surface area contributed by atoms with Gasteiger partial charge in [-0.2, -0.15) is 0 Å². The first-order valence-electron chi connectivity index (χ1n) is 7.75. The first kappa shape index (κ1) is 14.2. The van der Waals surface area contributed by atoms with Crippen LogP contribution in [0.1, 0.15) is 51.7 Å². The van der Waals surface area contributed by atoms with Crippen molar-refractivity contribution >= 4 is 0 Å². The molecule has 0 amide bonds. The van der Waals surface area contributed by atoms with Gasteiger partial charge >= 0.3 is 0 Å². The van der Waals surface area contributed by atoms with E-state index in [-0.39, 0.29) is 10.8 Å². The van der Waals surface area contributed by atoms with E-state index in [9.17, 15) is 5.11 Å². The van der Waals surface area contributed by atoms with Crippen molar-refractivity contribution in [3.05, 3.63) is 53.6 Å². The first-order chi connectivity index (χ1) is 9.81. The zero-order valence-electron chi connectivity index (χ0n) is 13.4. The van der Waals surface area contributed by atoms with Gasteiger partial charge in [-0.1, -0.05) is 64.1 Å². The molecule has 0 saturated heterocycles. The van der Waals surface area contributed by atoms with Gasteiger partial charge in [0.1, 0.15) is 5.75 Å². The van der Waals surface area contributed by atoms with E-state index in [1.54, 1.807) is 6.07 Å². The molecule has 1 N–H and O–H groups in total. The Morgan fingerprint density at radius 2 is 1.43 bits per heavy atom. The largest absolute Gasteiger partial charge is 0.507 e. The van der Waals surface area contributed by atoms with E-state index < -0.39 is 0 Å². The molecule has 0 aliphatic heterocycles. The maximum absolute atomic E-state index is 10.1. The lowest BCUT2D eigenvalue weighted by molar-refractivity contribution is 0.332. The summed E-state index contributed by atoms with van der Waals surface area (Å²) in [5.74, 6) is 0.352. The van der Waals surface area contributed by atoms with Crippen LogP contribution in [0.25, 0.3) is 11.1 Å². The predicted molar refractivity (Wildman–Crippen MR) is 88.8 cm³/mol. The van der Waals surface area contributed by atoms with Gasteiger partial charge in [-0.05, 0) is 46.4 Å². The number of rotatable bonds is 1. The lowest BCUT2D eigenvalue weighted by Crippen LogP contribution is -2.33. The summed E-state index contributed by atoms with van der Waals surface area (Å²) in [6.45, 7) is 9.33. The van der Waals surface area contributed by atoms with E-state index >= 15 is 0 Å². The Hall–Kier alpha value is -1.76. The van der Waals surface area contributed by atoms with Gasteiger partial charge in [-0.15, -0.1) is 0 Å². The standard InChI is InChI=1S/C20H24O/c1-19(2)11-12-20(3,4)17-13-14(9-10-16(17)19)15-7-5-6-8-18(15)21/h5-10,13,21H,11-12H2,1-4H3. The highest BCUT2D eigenvalue weighted by Gasteiger charge is 2.36. The summed E-state index contributed by atoms with van der Waals surface area (Å²) in [5.41, 5.74) is 5.35. The van der Waals surface area contributed by atoms with Crippen molar-refractivity contribution in [2.24, 2.45) is 0 Å². The number of fused-ring (bicyclic) bond motifs is 1. The van der Waals surface area contributed by atoms with E-state index in [4.69, 9.17) is 0 Å². The molecule has 0 radical (unpaired) electrons. The quantitative estimate of drug-likeness (QED) is 0.740. The van der Waals surface area contributed by atoms with E-state index in [1.165, 1.54) is 24.0 Å². The number of para-hydroxylation sites is 1. The van der Waals surface area contributed by atoms with Crippen molar-refractivity contribution < 1.29 is 5.11 Å². The Morgan fingerprint density at radius 3 is 2.10 bits per heavy atom. The molecular weight excluding hydrogens is 256 g/mol. The maximum atomic E-state index is 10.1. The number of benzene rings is 2. The molecule has 0 fully saturated rings. The van der Waals surface area contributed by atoms with Crippen LogP contribution < -0.4 is 0 Å². The summed E-state index contributed by atoms with van der Waals surface area (Å²) in [7, 11) is 0. The van der Waals surface area contributed by atoms with Gasteiger partial charge < -0.3 is 5.11 Å². The van der Waals surface area contributed by atoms with Crippen LogP contribution in [0.3, 0.4) is 0 Å². The molecule has 0 spiro atoms. The van der Waals surface area contributed by atoms with Crippen molar-refractivity contribution in [1.29, 1.82) is 0 Å². The van der Waals surface area contributed by atoms with Crippen LogP contribution in [0, 0.1) is 0 Å². The average molecular weight is 280 g/mol. The fourth-order valence-corrected chi connectivity index (χ4v) is 3.47. The van der Waals surface area contributed by atoms with Crippen molar-refractivity contribution in [1.82, 2.24) is 0 Å². The summed E-state index contributed by atoms with van der Waals surface area (Å²) < 4.78 is 0. The van der Waals surface area contributed by atoms with E-state index in [1.807, 2.05) is 18.2 Å². The van der Waals surface area contributed by atoms with Crippen molar-refractivity contribution in [2.45, 2.75) is 51.4 Å². The predicted octanol–water partition coefficient (Wildman–Crippen LogP) is 5.41. The summed E-state index contributed by atoms with van der Waals surface area (Å²) in [6.07, 6.45) is 2.43. The Morgan fingerprint density at radius 1 is 0.810 bits per heavy atom. The van der Waals surface area contributed by atoms with Crippen LogP contribution in [0.4, 0.5) is 0 Å². The van der Waals surface area contributed by atoms with Gasteiger partial charge in [-0.25, -0.2) is 0 Å². The van der Waals surface area contributed by atoms with Crippen molar-refractivity contribution in [2.75, 3.05) is 0 Å². The summed E-state index contributed by atoms with van der Waals surface area (Å²) in [5, 5.41) is 10.1. The Balaban J connectivity index is 2.19. The monoisotopic (exact) mass is 280 g/mol. The highest BCUT2D eigenvalue weighted by Crippen LogP contribution is 2.47. The summed E-state index contributed by atoms with van der Waals surface area (Å²) in [6, 6.07) is 14.3. The fourth-order valence-electron chi connectivity index (χ4n) is 3.47. The van der Waals surface area contributed by atoms with Crippen molar-refractivity contribution in [3.63, 3.8) is 0 Å². The molecule has 21 heavy (non-hydrogen) atoms. The molecule has 0 unspecified atom stereocenters. The van der Waals surface area contributed by atoms with Gasteiger partial charge in [-0.3, -0.25) is 0 Å². The van der Waals surface area contributed by atoms with Crippen LogP contribution >= 0.6 is 0 Å². The molecule has 110 valence electrons. The number of phenolic OH excluding ortho intramolecular Hbond substituents is 1. The van der Waals surface area contributed by atoms with Crippen molar-refractivity contribution in [3.8, 4) is 16.9 Å². The molecule has 1 heteroatoms. The second kappa shape index (κ2) is 4.62. The Labute approximate surface area is 127 Å². The van der Waals surface area contributed by atoms with Gasteiger partial charge in [0, 0.05) is 5.56 Å². The molecule has 1 aliphatic rings. The third-order valence-electron chi connectivity index (χ3n) is 5.07.